The highest BCUT2D eigenvalue weighted by molar-refractivity contribution is 5.80. The van der Waals surface area contributed by atoms with Gasteiger partial charge in [-0.2, -0.15) is 0 Å². The van der Waals surface area contributed by atoms with Gasteiger partial charge in [-0.25, -0.2) is 0 Å². The predicted molar refractivity (Wildman–Crippen MR) is 36.1 cm³/mol. The molecule has 56 valence electrons. The molecule has 0 spiro atoms. The summed E-state index contributed by atoms with van der Waals surface area (Å²) < 4.78 is 0. The molecule has 0 bridgehead atoms. The third-order valence-electron chi connectivity index (χ3n) is 1.71. The second kappa shape index (κ2) is 2.28. The summed E-state index contributed by atoms with van der Waals surface area (Å²) >= 11 is 0. The molecular weight excluding hydrogens is 132 g/mol. The van der Waals surface area contributed by atoms with Crippen LogP contribution in [0.5, 0.6) is 0 Å². The highest BCUT2D eigenvalue weighted by Gasteiger charge is 2.32. The molecule has 0 aliphatic carbocycles. The van der Waals surface area contributed by atoms with E-state index in [2.05, 4.69) is 0 Å². The Bertz CT molecular complexity index is 155. The Morgan fingerprint density at radius 3 is 2.50 bits per heavy atom. The lowest BCUT2D eigenvalue weighted by atomic mass is 10.0. The van der Waals surface area contributed by atoms with Gasteiger partial charge in [0.05, 0.1) is 11.8 Å². The summed E-state index contributed by atoms with van der Waals surface area (Å²) in [6.07, 6.45) is 0. The summed E-state index contributed by atoms with van der Waals surface area (Å²) in [6, 6.07) is 0. The molecule has 0 unspecified atom stereocenters. The van der Waals surface area contributed by atoms with Crippen LogP contribution in [0.3, 0.4) is 0 Å². The number of nitrogens with one attached hydrogen (secondary N) is 1. The summed E-state index contributed by atoms with van der Waals surface area (Å²) in [5.74, 6) is -0.546. The third-order valence-corrected chi connectivity index (χ3v) is 1.71. The zero-order valence-corrected chi connectivity index (χ0v) is 5.79. The van der Waals surface area contributed by atoms with Crippen LogP contribution in [0.1, 0.15) is 6.92 Å². The molecule has 0 amide bonds. The van der Waals surface area contributed by atoms with Crippen molar-refractivity contribution < 1.29 is 9.90 Å². The van der Waals surface area contributed by atoms with E-state index in [9.17, 15) is 4.79 Å². The molecule has 4 heteroatoms. The fourth-order valence-corrected chi connectivity index (χ4v) is 0.909. The Hall–Kier alpha value is -1.06. The van der Waals surface area contributed by atoms with Crippen molar-refractivity contribution in [3.8, 4) is 0 Å². The zero-order chi connectivity index (χ0) is 7.72. The summed E-state index contributed by atoms with van der Waals surface area (Å²) in [5.41, 5.74) is 0. The Kier molecular flexibility index (Phi) is 1.61. The lowest BCUT2D eigenvalue weighted by Crippen LogP contribution is -2.52. The van der Waals surface area contributed by atoms with Gasteiger partial charge in [-0.15, -0.1) is 0 Å². The number of hydrogen-bond acceptors (Lipinski definition) is 2. The Balaban J connectivity index is 2.31. The number of nitrogens with zero attached hydrogens (tertiary/aromatic N) is 1. The van der Waals surface area contributed by atoms with Gasteiger partial charge in [0.15, 0.2) is 0 Å². The van der Waals surface area contributed by atoms with E-state index in [1.54, 1.807) is 11.8 Å². The van der Waals surface area contributed by atoms with Crippen LogP contribution < -0.4 is 0 Å². The molecule has 0 aromatic rings. The van der Waals surface area contributed by atoms with E-state index in [-0.39, 0.29) is 5.92 Å². The molecule has 0 saturated carbocycles. The molecule has 1 heterocycles. The van der Waals surface area contributed by atoms with Crippen LogP contribution in [0.15, 0.2) is 0 Å². The minimum absolute atomic E-state index is 0.250. The second-order valence-corrected chi connectivity index (χ2v) is 2.53. The molecule has 0 aromatic heterocycles. The van der Waals surface area contributed by atoms with Gasteiger partial charge in [-0.05, 0) is 6.92 Å². The van der Waals surface area contributed by atoms with Gasteiger partial charge in [-0.3, -0.25) is 10.2 Å². The maximum absolute atomic E-state index is 10.3. The van der Waals surface area contributed by atoms with Crippen LogP contribution in [0.4, 0.5) is 0 Å². The Morgan fingerprint density at radius 1 is 1.70 bits per heavy atom. The largest absolute Gasteiger partial charge is 0.481 e. The lowest BCUT2D eigenvalue weighted by Gasteiger charge is -2.37. The Labute approximate surface area is 59.0 Å². The first-order valence-electron chi connectivity index (χ1n) is 3.14. The van der Waals surface area contributed by atoms with Crippen molar-refractivity contribution in [2.45, 2.75) is 6.92 Å². The van der Waals surface area contributed by atoms with Crippen LogP contribution in [0.2, 0.25) is 0 Å². The van der Waals surface area contributed by atoms with E-state index < -0.39 is 5.97 Å². The maximum atomic E-state index is 10.3. The number of likely N-dealkylation sites (tertiary alicyclic amines) is 1. The highest BCUT2D eigenvalue weighted by atomic mass is 16.4. The fourth-order valence-electron chi connectivity index (χ4n) is 0.909. The molecule has 1 saturated heterocycles. The molecule has 0 aromatic carbocycles. The van der Waals surface area contributed by atoms with Crippen molar-refractivity contribution in [3.05, 3.63) is 0 Å². The first kappa shape index (κ1) is 7.05. The monoisotopic (exact) mass is 142 g/mol. The lowest BCUT2D eigenvalue weighted by molar-refractivity contribution is -0.145. The number of rotatable bonds is 1. The van der Waals surface area contributed by atoms with Gasteiger partial charge in [0.1, 0.15) is 0 Å². The molecule has 1 aliphatic rings. The zero-order valence-electron chi connectivity index (χ0n) is 5.79. The quantitative estimate of drug-likeness (QED) is 0.400. The van der Waals surface area contributed by atoms with Crippen molar-refractivity contribution in [2.24, 2.45) is 5.92 Å². The van der Waals surface area contributed by atoms with Crippen molar-refractivity contribution in [2.75, 3.05) is 13.1 Å². The summed E-state index contributed by atoms with van der Waals surface area (Å²) in [7, 11) is 0. The van der Waals surface area contributed by atoms with E-state index in [1.807, 2.05) is 0 Å². The maximum Gasteiger partial charge on any atom is 0.310 e. The van der Waals surface area contributed by atoms with E-state index in [4.69, 9.17) is 10.5 Å². The molecular formula is C6H10N2O2. The van der Waals surface area contributed by atoms with E-state index in [0.29, 0.717) is 18.9 Å². The van der Waals surface area contributed by atoms with Crippen molar-refractivity contribution in [1.82, 2.24) is 4.90 Å². The van der Waals surface area contributed by atoms with Gasteiger partial charge in [-0.1, -0.05) is 0 Å². The van der Waals surface area contributed by atoms with Gasteiger partial charge < -0.3 is 10.0 Å². The van der Waals surface area contributed by atoms with Crippen LogP contribution in [-0.4, -0.2) is 34.9 Å². The average molecular weight is 142 g/mol. The number of carboxylic acids is 1. The smallest absolute Gasteiger partial charge is 0.310 e. The van der Waals surface area contributed by atoms with Crippen LogP contribution in [0, 0.1) is 11.3 Å². The van der Waals surface area contributed by atoms with Crippen molar-refractivity contribution >= 4 is 11.8 Å². The van der Waals surface area contributed by atoms with E-state index >= 15 is 0 Å². The SMILES string of the molecule is CC(=N)N1CC(C(=O)O)C1. The van der Waals surface area contributed by atoms with Gasteiger partial charge in [0.2, 0.25) is 0 Å². The van der Waals surface area contributed by atoms with Gasteiger partial charge in [0.25, 0.3) is 0 Å². The minimum atomic E-state index is -0.752. The third kappa shape index (κ3) is 1.10. The van der Waals surface area contributed by atoms with Crippen molar-refractivity contribution in [1.29, 1.82) is 5.41 Å². The number of carbonyl (C=O) groups is 1. The number of aliphatic carboxylic acids is 1. The fraction of sp³-hybridized carbons (Fsp3) is 0.667. The van der Waals surface area contributed by atoms with Gasteiger partial charge in [0, 0.05) is 13.1 Å². The first-order valence-corrected chi connectivity index (χ1v) is 3.14. The predicted octanol–water partition coefficient (Wildman–Crippen LogP) is -0.0000300. The molecule has 1 aliphatic heterocycles. The average Bonchev–Trinajstić information content (AvgIpc) is 1.56. The van der Waals surface area contributed by atoms with E-state index in [1.165, 1.54) is 0 Å². The number of carboxylic acid groups (broad SMARTS) is 1. The van der Waals surface area contributed by atoms with Crippen LogP contribution in [0.25, 0.3) is 0 Å². The van der Waals surface area contributed by atoms with Crippen LogP contribution >= 0.6 is 0 Å². The molecule has 10 heavy (non-hydrogen) atoms. The normalized spacial score (nSPS) is 18.3. The molecule has 4 nitrogen and oxygen atoms in total. The topological polar surface area (TPSA) is 64.4 Å². The molecule has 1 rings (SSSR count). The van der Waals surface area contributed by atoms with Crippen molar-refractivity contribution in [3.63, 3.8) is 0 Å². The van der Waals surface area contributed by atoms with Gasteiger partial charge >= 0.3 is 5.97 Å². The second-order valence-electron chi connectivity index (χ2n) is 2.53. The standard InChI is InChI=1S/C6H10N2O2/c1-4(7)8-2-5(3-8)6(9)10/h5,7H,2-3H2,1H3,(H,9,10). The number of amidine groups is 1. The van der Waals surface area contributed by atoms with E-state index in [0.717, 1.165) is 0 Å². The molecule has 0 atom stereocenters. The first-order chi connectivity index (χ1) is 4.61. The van der Waals surface area contributed by atoms with Crippen LogP contribution in [-0.2, 0) is 4.79 Å². The number of hydrogen-bond donors (Lipinski definition) is 2. The highest BCUT2D eigenvalue weighted by Crippen LogP contribution is 2.14. The summed E-state index contributed by atoms with van der Waals surface area (Å²) in [6.45, 7) is 2.67. The summed E-state index contributed by atoms with van der Waals surface area (Å²) in [5, 5.41) is 15.6. The molecule has 2 N–H and O–H groups in total. The molecule has 0 radical (unpaired) electrons. The summed E-state index contributed by atoms with van der Waals surface area (Å²) in [4.78, 5) is 12.0. The Morgan fingerprint density at radius 2 is 2.20 bits per heavy atom. The minimum Gasteiger partial charge on any atom is -0.481 e. The molecule has 1 fully saturated rings.